The molecule has 2 aromatic rings. The van der Waals surface area contributed by atoms with Gasteiger partial charge in [0.05, 0.1) is 6.04 Å². The number of halogens is 4. The molecule has 0 fully saturated rings. The fourth-order valence-electron chi connectivity index (χ4n) is 2.29. The molecular weight excluding hydrogens is 299 g/mol. The maximum absolute atomic E-state index is 14.0. The number of hydrogen-bond acceptors (Lipinski definition) is 1. The van der Waals surface area contributed by atoms with E-state index >= 15 is 0 Å². The van der Waals surface area contributed by atoms with Crippen LogP contribution < -0.4 is 5.32 Å². The van der Waals surface area contributed by atoms with Crippen LogP contribution in [0.2, 0.25) is 5.02 Å². The molecule has 0 aliphatic carbocycles. The normalized spacial score (nSPS) is 12.5. The summed E-state index contributed by atoms with van der Waals surface area (Å²) in [6.07, 6.45) is 0. The summed E-state index contributed by atoms with van der Waals surface area (Å²) in [6.45, 7) is 4.10. The van der Waals surface area contributed by atoms with Crippen molar-refractivity contribution < 1.29 is 13.2 Å². The van der Waals surface area contributed by atoms with Gasteiger partial charge in [-0.25, -0.2) is 13.2 Å². The molecule has 0 bridgehead atoms. The van der Waals surface area contributed by atoms with Crippen LogP contribution in [-0.4, -0.2) is 6.54 Å². The summed E-state index contributed by atoms with van der Waals surface area (Å²) in [4.78, 5) is 0. The van der Waals surface area contributed by atoms with Gasteiger partial charge in [-0.1, -0.05) is 36.7 Å². The first-order chi connectivity index (χ1) is 9.95. The van der Waals surface area contributed by atoms with E-state index in [2.05, 4.69) is 5.32 Å². The van der Waals surface area contributed by atoms with Gasteiger partial charge in [-0.3, -0.25) is 0 Å². The zero-order valence-corrected chi connectivity index (χ0v) is 12.4. The Hall–Kier alpha value is -1.52. The molecule has 1 nitrogen and oxygen atoms in total. The summed E-state index contributed by atoms with van der Waals surface area (Å²) >= 11 is 6.25. The van der Waals surface area contributed by atoms with Crippen molar-refractivity contribution in [2.45, 2.75) is 19.9 Å². The first-order valence-corrected chi connectivity index (χ1v) is 6.96. The molecular formula is C16H15ClF3N. The van der Waals surface area contributed by atoms with Crippen LogP contribution in [0.25, 0.3) is 0 Å². The molecule has 112 valence electrons. The van der Waals surface area contributed by atoms with Gasteiger partial charge in [-0.05, 0) is 24.6 Å². The predicted octanol–water partition coefficient (Wildman–Crippen LogP) is 4.76. The number of aryl methyl sites for hydroxylation is 1. The van der Waals surface area contributed by atoms with E-state index in [0.717, 1.165) is 5.56 Å². The fraction of sp³-hybridized carbons (Fsp3) is 0.250. The monoisotopic (exact) mass is 313 g/mol. The van der Waals surface area contributed by atoms with Crippen LogP contribution in [-0.2, 0) is 0 Å². The molecule has 5 heteroatoms. The summed E-state index contributed by atoms with van der Waals surface area (Å²) < 4.78 is 41.2. The van der Waals surface area contributed by atoms with Gasteiger partial charge in [0.2, 0.25) is 0 Å². The Labute approximate surface area is 126 Å². The summed E-state index contributed by atoms with van der Waals surface area (Å²) in [7, 11) is 0. The minimum absolute atomic E-state index is 0.231. The molecule has 0 radical (unpaired) electrons. The topological polar surface area (TPSA) is 12.0 Å². The van der Waals surface area contributed by atoms with Crippen molar-refractivity contribution in [1.29, 1.82) is 0 Å². The summed E-state index contributed by atoms with van der Waals surface area (Å²) in [5, 5.41) is 3.43. The minimum atomic E-state index is -0.945. The van der Waals surface area contributed by atoms with Crippen molar-refractivity contribution in [1.82, 2.24) is 5.32 Å². The highest BCUT2D eigenvalue weighted by Crippen LogP contribution is 2.33. The van der Waals surface area contributed by atoms with Gasteiger partial charge < -0.3 is 5.32 Å². The molecule has 0 aliphatic heterocycles. The highest BCUT2D eigenvalue weighted by Gasteiger charge is 2.24. The van der Waals surface area contributed by atoms with E-state index in [1.807, 2.05) is 19.9 Å². The van der Waals surface area contributed by atoms with E-state index in [9.17, 15) is 13.2 Å². The van der Waals surface area contributed by atoms with Gasteiger partial charge >= 0.3 is 0 Å². The van der Waals surface area contributed by atoms with Crippen LogP contribution in [0.3, 0.4) is 0 Å². The number of benzene rings is 2. The second kappa shape index (κ2) is 6.50. The van der Waals surface area contributed by atoms with E-state index in [1.54, 1.807) is 12.1 Å². The zero-order valence-electron chi connectivity index (χ0n) is 11.7. The molecule has 0 aliphatic rings. The standard InChI is InChI=1S/C16H15ClF3N/c1-3-21-16(11-6-4-5-9(2)15(11)17)14-12(19)7-10(18)8-13(14)20/h4-8,16,21H,3H2,1-2H3. The summed E-state index contributed by atoms with van der Waals surface area (Å²) in [5.74, 6) is -2.81. The van der Waals surface area contributed by atoms with Crippen molar-refractivity contribution in [3.63, 3.8) is 0 Å². The van der Waals surface area contributed by atoms with Crippen LogP contribution in [0.1, 0.15) is 29.7 Å². The van der Waals surface area contributed by atoms with Gasteiger partial charge in [0.15, 0.2) is 0 Å². The van der Waals surface area contributed by atoms with E-state index in [0.29, 0.717) is 29.3 Å². The third-order valence-electron chi connectivity index (χ3n) is 3.27. The quantitative estimate of drug-likeness (QED) is 0.857. The zero-order chi connectivity index (χ0) is 15.6. The highest BCUT2D eigenvalue weighted by molar-refractivity contribution is 6.32. The molecule has 0 amide bonds. The fourth-order valence-corrected chi connectivity index (χ4v) is 2.53. The molecule has 0 aromatic heterocycles. The Morgan fingerprint density at radius 2 is 1.76 bits per heavy atom. The Balaban J connectivity index is 2.62. The van der Waals surface area contributed by atoms with Crippen LogP contribution in [0.15, 0.2) is 30.3 Å². The van der Waals surface area contributed by atoms with Crippen molar-refractivity contribution >= 4 is 11.6 Å². The summed E-state index contributed by atoms with van der Waals surface area (Å²) in [5.41, 5.74) is 1.13. The maximum Gasteiger partial charge on any atom is 0.134 e. The minimum Gasteiger partial charge on any atom is -0.306 e. The molecule has 0 saturated carbocycles. The number of nitrogens with one attached hydrogen (secondary N) is 1. The first-order valence-electron chi connectivity index (χ1n) is 6.58. The Bertz CT molecular complexity index is 635. The lowest BCUT2D eigenvalue weighted by atomic mass is 9.96. The average Bonchev–Trinajstić information content (AvgIpc) is 2.40. The number of hydrogen-bond donors (Lipinski definition) is 1. The maximum atomic E-state index is 14.0. The van der Waals surface area contributed by atoms with Gasteiger partial charge in [0.1, 0.15) is 17.5 Å². The Morgan fingerprint density at radius 3 is 2.33 bits per heavy atom. The van der Waals surface area contributed by atoms with E-state index in [-0.39, 0.29) is 5.56 Å². The van der Waals surface area contributed by atoms with E-state index < -0.39 is 23.5 Å². The second-order valence-corrected chi connectivity index (χ2v) is 5.13. The molecule has 0 heterocycles. The van der Waals surface area contributed by atoms with Gasteiger partial charge in [-0.15, -0.1) is 0 Å². The van der Waals surface area contributed by atoms with Crippen LogP contribution in [0.5, 0.6) is 0 Å². The smallest absolute Gasteiger partial charge is 0.134 e. The van der Waals surface area contributed by atoms with Gasteiger partial charge in [0.25, 0.3) is 0 Å². The Morgan fingerprint density at radius 1 is 1.14 bits per heavy atom. The van der Waals surface area contributed by atoms with Crippen molar-refractivity contribution in [3.8, 4) is 0 Å². The SMILES string of the molecule is CCNC(c1cccc(C)c1Cl)c1c(F)cc(F)cc1F. The molecule has 1 N–H and O–H groups in total. The molecule has 1 atom stereocenters. The molecule has 2 rings (SSSR count). The van der Waals surface area contributed by atoms with Crippen molar-refractivity contribution in [2.24, 2.45) is 0 Å². The predicted molar refractivity (Wildman–Crippen MR) is 78.0 cm³/mol. The average molecular weight is 314 g/mol. The van der Waals surface area contributed by atoms with Crippen molar-refractivity contribution in [2.75, 3.05) is 6.54 Å². The molecule has 1 unspecified atom stereocenters. The molecule has 0 spiro atoms. The van der Waals surface area contributed by atoms with Crippen molar-refractivity contribution in [3.05, 3.63) is 69.5 Å². The highest BCUT2D eigenvalue weighted by atomic mass is 35.5. The summed E-state index contributed by atoms with van der Waals surface area (Å²) in [6, 6.07) is 5.85. The lowest BCUT2D eigenvalue weighted by Gasteiger charge is -2.22. The number of rotatable bonds is 4. The molecule has 0 saturated heterocycles. The largest absolute Gasteiger partial charge is 0.306 e. The lowest BCUT2D eigenvalue weighted by molar-refractivity contribution is 0.492. The third kappa shape index (κ3) is 3.22. The van der Waals surface area contributed by atoms with Gasteiger partial charge in [0, 0.05) is 22.7 Å². The lowest BCUT2D eigenvalue weighted by Crippen LogP contribution is -2.24. The van der Waals surface area contributed by atoms with Gasteiger partial charge in [-0.2, -0.15) is 0 Å². The van der Waals surface area contributed by atoms with E-state index in [1.165, 1.54) is 0 Å². The van der Waals surface area contributed by atoms with Crippen LogP contribution in [0, 0.1) is 24.4 Å². The second-order valence-electron chi connectivity index (χ2n) is 4.75. The molecule has 2 aromatic carbocycles. The van der Waals surface area contributed by atoms with Crippen LogP contribution in [0.4, 0.5) is 13.2 Å². The first kappa shape index (κ1) is 15.9. The Kier molecular flexibility index (Phi) is 4.91. The van der Waals surface area contributed by atoms with Crippen LogP contribution >= 0.6 is 11.6 Å². The molecule has 21 heavy (non-hydrogen) atoms. The van der Waals surface area contributed by atoms with E-state index in [4.69, 9.17) is 11.6 Å². The third-order valence-corrected chi connectivity index (χ3v) is 3.79.